The average Bonchev–Trinajstić information content (AvgIpc) is 2.50. The summed E-state index contributed by atoms with van der Waals surface area (Å²) in [6.45, 7) is 4.37. The van der Waals surface area contributed by atoms with Gasteiger partial charge < -0.3 is 19.5 Å². The molecule has 1 aliphatic heterocycles. The third-order valence-electron chi connectivity index (χ3n) is 4.25. The lowest BCUT2D eigenvalue weighted by atomic mass is 9.79. The molecule has 2 heterocycles. The predicted molar refractivity (Wildman–Crippen MR) is 82.2 cm³/mol. The van der Waals surface area contributed by atoms with Gasteiger partial charge in [0.2, 0.25) is 0 Å². The van der Waals surface area contributed by atoms with E-state index in [1.54, 1.807) is 4.57 Å². The van der Waals surface area contributed by atoms with Gasteiger partial charge in [0, 0.05) is 6.54 Å². The summed E-state index contributed by atoms with van der Waals surface area (Å²) in [7, 11) is 0. The fourth-order valence-electron chi connectivity index (χ4n) is 2.89. The van der Waals surface area contributed by atoms with E-state index in [4.69, 9.17) is 9.84 Å². The van der Waals surface area contributed by atoms with Gasteiger partial charge in [-0.2, -0.15) is 0 Å². The Morgan fingerprint density at radius 3 is 2.95 bits per heavy atom. The molecule has 0 saturated carbocycles. The predicted octanol–water partition coefficient (Wildman–Crippen LogP) is 0.810. The molecule has 2 N–H and O–H groups in total. The fourth-order valence-corrected chi connectivity index (χ4v) is 2.89. The lowest BCUT2D eigenvalue weighted by Gasteiger charge is -2.32. The van der Waals surface area contributed by atoms with Crippen molar-refractivity contribution in [3.05, 3.63) is 34.1 Å². The van der Waals surface area contributed by atoms with Crippen LogP contribution in [0.1, 0.15) is 25.8 Å². The lowest BCUT2D eigenvalue weighted by Crippen LogP contribution is -2.34. The summed E-state index contributed by atoms with van der Waals surface area (Å²) in [6.07, 6.45) is -0.162. The number of hydrogen-bond donors (Lipinski definition) is 2. The summed E-state index contributed by atoms with van der Waals surface area (Å²) < 4.78 is 7.00. The van der Waals surface area contributed by atoms with E-state index in [9.17, 15) is 9.90 Å². The van der Waals surface area contributed by atoms with Gasteiger partial charge in [-0.05, 0) is 23.5 Å². The number of aryl methyl sites for hydroxylation is 1. The van der Waals surface area contributed by atoms with Crippen molar-refractivity contribution in [3.8, 4) is 5.88 Å². The summed E-state index contributed by atoms with van der Waals surface area (Å²) in [5.74, 6) is -0.0307. The van der Waals surface area contributed by atoms with Crippen LogP contribution in [0.3, 0.4) is 0 Å². The third kappa shape index (κ3) is 2.38. The summed E-state index contributed by atoms with van der Waals surface area (Å²) >= 11 is 0. The van der Waals surface area contributed by atoms with Crippen LogP contribution in [0.5, 0.6) is 5.88 Å². The zero-order chi connectivity index (χ0) is 15.9. The van der Waals surface area contributed by atoms with Gasteiger partial charge in [0.05, 0.1) is 17.6 Å². The van der Waals surface area contributed by atoms with Gasteiger partial charge in [0.25, 0.3) is 5.88 Å². The highest BCUT2D eigenvalue weighted by molar-refractivity contribution is 5.80. The van der Waals surface area contributed by atoms with E-state index < -0.39 is 12.7 Å². The van der Waals surface area contributed by atoms with Crippen molar-refractivity contribution in [2.75, 3.05) is 13.2 Å². The van der Waals surface area contributed by atoms with Crippen molar-refractivity contribution in [1.82, 2.24) is 9.55 Å². The molecular formula is C16H20N2O4. The Bertz CT molecular complexity index is 767. The second-order valence-electron chi connectivity index (χ2n) is 6.33. The van der Waals surface area contributed by atoms with E-state index in [1.807, 2.05) is 18.2 Å². The van der Waals surface area contributed by atoms with Crippen LogP contribution in [0.2, 0.25) is 0 Å². The number of benzene rings is 1. The van der Waals surface area contributed by atoms with Crippen LogP contribution < -0.4 is 10.3 Å². The molecule has 0 fully saturated rings. The number of ether oxygens (including phenoxy) is 1. The van der Waals surface area contributed by atoms with Crippen LogP contribution in [-0.2, 0) is 12.0 Å². The van der Waals surface area contributed by atoms with Crippen LogP contribution in [0.4, 0.5) is 0 Å². The Hall–Kier alpha value is -1.92. The van der Waals surface area contributed by atoms with Crippen molar-refractivity contribution in [2.45, 2.75) is 38.3 Å². The first-order valence-electron chi connectivity index (χ1n) is 7.40. The average molecular weight is 304 g/mol. The molecule has 0 radical (unpaired) electrons. The molecule has 118 valence electrons. The van der Waals surface area contributed by atoms with Crippen molar-refractivity contribution >= 4 is 11.0 Å². The summed E-state index contributed by atoms with van der Waals surface area (Å²) in [4.78, 5) is 16.8. The zero-order valence-electron chi connectivity index (χ0n) is 12.7. The quantitative estimate of drug-likeness (QED) is 0.873. The van der Waals surface area contributed by atoms with Crippen molar-refractivity contribution in [2.24, 2.45) is 0 Å². The van der Waals surface area contributed by atoms with E-state index in [-0.39, 0.29) is 23.5 Å². The number of aliphatic hydroxyl groups is 2. The minimum Gasteiger partial charge on any atom is -0.471 e. The van der Waals surface area contributed by atoms with Gasteiger partial charge >= 0.3 is 5.56 Å². The molecule has 2 aromatic rings. The Labute approximate surface area is 128 Å². The number of para-hydroxylation sites is 1. The maximum Gasteiger partial charge on any atom is 0.313 e. The van der Waals surface area contributed by atoms with Gasteiger partial charge in [0.1, 0.15) is 12.7 Å². The smallest absolute Gasteiger partial charge is 0.313 e. The Morgan fingerprint density at radius 2 is 2.23 bits per heavy atom. The van der Waals surface area contributed by atoms with E-state index >= 15 is 0 Å². The third-order valence-corrected chi connectivity index (χ3v) is 4.25. The topological polar surface area (TPSA) is 84.6 Å². The Morgan fingerprint density at radius 1 is 1.45 bits per heavy atom. The number of hydrogen-bond acceptors (Lipinski definition) is 5. The molecule has 1 aromatic heterocycles. The highest BCUT2D eigenvalue weighted by Crippen LogP contribution is 2.36. The van der Waals surface area contributed by atoms with E-state index in [1.165, 1.54) is 0 Å². The van der Waals surface area contributed by atoms with E-state index in [2.05, 4.69) is 18.8 Å². The number of aromatic nitrogens is 2. The second kappa shape index (κ2) is 5.37. The van der Waals surface area contributed by atoms with Gasteiger partial charge in [-0.25, -0.2) is 4.98 Å². The molecule has 22 heavy (non-hydrogen) atoms. The minimum absolute atomic E-state index is 0.00306. The van der Waals surface area contributed by atoms with Crippen LogP contribution >= 0.6 is 0 Å². The lowest BCUT2D eigenvalue weighted by molar-refractivity contribution is 0.0515. The first-order chi connectivity index (χ1) is 10.4. The molecule has 0 amide bonds. The Balaban J connectivity index is 2.13. The van der Waals surface area contributed by atoms with Gasteiger partial charge in [-0.1, -0.05) is 26.0 Å². The van der Waals surface area contributed by atoms with Crippen LogP contribution in [0.15, 0.2) is 23.0 Å². The Kier molecular flexibility index (Phi) is 3.66. The highest BCUT2D eigenvalue weighted by Gasteiger charge is 2.30. The molecule has 6 nitrogen and oxygen atoms in total. The molecular weight excluding hydrogens is 284 g/mol. The summed E-state index contributed by atoms with van der Waals surface area (Å²) in [5.41, 5.74) is 2.39. The first kappa shape index (κ1) is 15.0. The van der Waals surface area contributed by atoms with Crippen LogP contribution in [0.25, 0.3) is 11.0 Å². The minimum atomic E-state index is -1.02. The number of nitrogens with zero attached hydrogens (tertiary/aromatic N) is 2. The molecule has 3 rings (SSSR count). The first-order valence-corrected chi connectivity index (χ1v) is 7.40. The molecule has 1 atom stereocenters. The van der Waals surface area contributed by atoms with E-state index in [0.717, 1.165) is 17.5 Å². The van der Waals surface area contributed by atoms with Crippen molar-refractivity contribution in [1.29, 1.82) is 0 Å². The molecule has 1 aromatic carbocycles. The fraction of sp³-hybridized carbons (Fsp3) is 0.500. The molecule has 0 bridgehead atoms. The SMILES string of the molecule is CC1(C)CCn2c(=O)c(OC[C@H](O)CO)nc3cccc1c32. The van der Waals surface area contributed by atoms with E-state index in [0.29, 0.717) is 12.1 Å². The summed E-state index contributed by atoms with van der Waals surface area (Å²) in [6, 6.07) is 5.82. The normalized spacial score (nSPS) is 17.5. The van der Waals surface area contributed by atoms with Crippen molar-refractivity contribution in [3.63, 3.8) is 0 Å². The zero-order valence-corrected chi connectivity index (χ0v) is 12.7. The van der Waals surface area contributed by atoms with Gasteiger partial charge in [-0.3, -0.25) is 4.79 Å². The van der Waals surface area contributed by atoms with Crippen LogP contribution in [0, 0.1) is 0 Å². The monoisotopic (exact) mass is 304 g/mol. The van der Waals surface area contributed by atoms with Crippen LogP contribution in [-0.4, -0.2) is 39.1 Å². The van der Waals surface area contributed by atoms with Gasteiger partial charge in [0.15, 0.2) is 0 Å². The molecule has 0 saturated heterocycles. The highest BCUT2D eigenvalue weighted by atomic mass is 16.5. The maximum atomic E-state index is 12.5. The maximum absolute atomic E-state index is 12.5. The molecule has 0 aliphatic carbocycles. The summed E-state index contributed by atoms with van der Waals surface area (Å²) in [5, 5.41) is 18.2. The molecule has 1 aliphatic rings. The van der Waals surface area contributed by atoms with Crippen molar-refractivity contribution < 1.29 is 14.9 Å². The molecule has 0 spiro atoms. The van der Waals surface area contributed by atoms with Gasteiger partial charge in [-0.15, -0.1) is 0 Å². The number of rotatable bonds is 4. The number of aliphatic hydroxyl groups excluding tert-OH is 2. The standard InChI is InChI=1S/C16H20N2O4/c1-16(2)6-7-18-13-11(16)4-3-5-12(13)17-14(15(18)21)22-9-10(20)8-19/h3-5,10,19-20H,6-9H2,1-2H3/t10-/m1/s1. The molecule has 6 heteroatoms. The largest absolute Gasteiger partial charge is 0.471 e. The molecule has 0 unspecified atom stereocenters. The second-order valence-corrected chi connectivity index (χ2v) is 6.33.